The molecular formula is C15H22BrN3. The monoisotopic (exact) mass is 323 g/mol. The molecule has 1 N–H and O–H groups in total. The Balaban J connectivity index is 1.44. The molecule has 2 aliphatic rings. The van der Waals surface area contributed by atoms with Crippen LogP contribution < -0.4 is 5.43 Å². The van der Waals surface area contributed by atoms with E-state index in [9.17, 15) is 0 Å². The Morgan fingerprint density at radius 2 is 1.68 bits per heavy atom. The number of nitrogens with one attached hydrogen (secondary N) is 1. The number of nitrogens with zero attached hydrogens (tertiary/aromatic N) is 2. The predicted octanol–water partition coefficient (Wildman–Crippen LogP) is 2.45. The molecule has 1 saturated carbocycles. The molecule has 3 rings (SSSR count). The average molecular weight is 324 g/mol. The van der Waals surface area contributed by atoms with Crippen molar-refractivity contribution < 1.29 is 0 Å². The minimum Gasteiger partial charge on any atom is -0.304 e. The van der Waals surface area contributed by atoms with Crippen LogP contribution in [0.3, 0.4) is 0 Å². The Kier molecular flexibility index (Phi) is 4.22. The van der Waals surface area contributed by atoms with Gasteiger partial charge in [-0.3, -0.25) is 5.43 Å². The van der Waals surface area contributed by atoms with E-state index in [2.05, 4.69) is 62.6 Å². The first kappa shape index (κ1) is 13.6. The van der Waals surface area contributed by atoms with Gasteiger partial charge in [0.25, 0.3) is 0 Å². The second-order valence-corrected chi connectivity index (χ2v) is 6.75. The Hall–Kier alpha value is -0.420. The van der Waals surface area contributed by atoms with Crippen LogP contribution in [0.2, 0.25) is 0 Å². The highest BCUT2D eigenvalue weighted by molar-refractivity contribution is 9.10. The number of hydrogen-bond donors (Lipinski definition) is 1. The number of rotatable bonds is 3. The second kappa shape index (κ2) is 5.92. The molecule has 0 aromatic heterocycles. The van der Waals surface area contributed by atoms with Crippen molar-refractivity contribution >= 4 is 15.9 Å². The summed E-state index contributed by atoms with van der Waals surface area (Å²) in [6, 6.07) is 9.48. The van der Waals surface area contributed by atoms with Gasteiger partial charge in [0.05, 0.1) is 0 Å². The standard InChI is InChI=1S/C15H22BrN3/c1-18-6-8-19(9-7-18)17-15-10-13(11-15)12-2-4-14(16)5-3-12/h2-5,13,15,17H,6-11H2,1H3. The lowest BCUT2D eigenvalue weighted by Gasteiger charge is -2.42. The van der Waals surface area contributed by atoms with E-state index in [1.165, 1.54) is 36.0 Å². The number of benzene rings is 1. The zero-order valence-corrected chi connectivity index (χ0v) is 13.1. The SMILES string of the molecule is CN1CCN(NC2CC(c3ccc(Br)cc3)C2)CC1. The van der Waals surface area contributed by atoms with E-state index < -0.39 is 0 Å². The minimum absolute atomic E-state index is 0.678. The van der Waals surface area contributed by atoms with Crippen LogP contribution in [0.1, 0.15) is 24.3 Å². The first-order valence-corrected chi connectivity index (χ1v) is 7.95. The van der Waals surface area contributed by atoms with Gasteiger partial charge in [-0.2, -0.15) is 0 Å². The lowest BCUT2D eigenvalue weighted by Crippen LogP contribution is -2.56. The van der Waals surface area contributed by atoms with Gasteiger partial charge < -0.3 is 4.90 Å². The molecule has 0 radical (unpaired) electrons. The highest BCUT2D eigenvalue weighted by Crippen LogP contribution is 2.37. The van der Waals surface area contributed by atoms with Crippen molar-refractivity contribution in [2.24, 2.45) is 0 Å². The molecule has 3 nitrogen and oxygen atoms in total. The maximum Gasteiger partial charge on any atom is 0.0259 e. The minimum atomic E-state index is 0.678. The normalized spacial score (nSPS) is 29.2. The van der Waals surface area contributed by atoms with E-state index in [0.717, 1.165) is 19.0 Å². The predicted molar refractivity (Wildman–Crippen MR) is 82.1 cm³/mol. The van der Waals surface area contributed by atoms with Crippen LogP contribution in [0.4, 0.5) is 0 Å². The molecule has 19 heavy (non-hydrogen) atoms. The molecule has 1 aromatic rings. The summed E-state index contributed by atoms with van der Waals surface area (Å²) in [4.78, 5) is 2.39. The number of hydrazine groups is 1. The quantitative estimate of drug-likeness (QED) is 0.921. The Morgan fingerprint density at radius 3 is 2.32 bits per heavy atom. The van der Waals surface area contributed by atoms with Crippen molar-refractivity contribution in [3.05, 3.63) is 34.3 Å². The topological polar surface area (TPSA) is 18.5 Å². The van der Waals surface area contributed by atoms with E-state index in [1.54, 1.807) is 0 Å². The van der Waals surface area contributed by atoms with E-state index in [1.807, 2.05) is 0 Å². The third kappa shape index (κ3) is 3.37. The first-order valence-electron chi connectivity index (χ1n) is 7.16. The van der Waals surface area contributed by atoms with Crippen LogP contribution in [0.5, 0.6) is 0 Å². The second-order valence-electron chi connectivity index (χ2n) is 5.84. The van der Waals surface area contributed by atoms with Gasteiger partial charge in [-0.1, -0.05) is 28.1 Å². The van der Waals surface area contributed by atoms with Crippen LogP contribution in [0.15, 0.2) is 28.7 Å². The van der Waals surface area contributed by atoms with Crippen LogP contribution in [0.25, 0.3) is 0 Å². The van der Waals surface area contributed by atoms with Gasteiger partial charge in [-0.15, -0.1) is 0 Å². The molecule has 104 valence electrons. The van der Waals surface area contributed by atoms with Crippen molar-refractivity contribution in [3.63, 3.8) is 0 Å². The van der Waals surface area contributed by atoms with Crippen LogP contribution in [0, 0.1) is 0 Å². The fraction of sp³-hybridized carbons (Fsp3) is 0.600. The Morgan fingerprint density at radius 1 is 1.05 bits per heavy atom. The molecule has 1 aliphatic heterocycles. The van der Waals surface area contributed by atoms with Gasteiger partial charge in [0.15, 0.2) is 0 Å². The van der Waals surface area contributed by atoms with E-state index in [0.29, 0.717) is 6.04 Å². The van der Waals surface area contributed by atoms with Crippen LogP contribution in [-0.4, -0.2) is 49.2 Å². The van der Waals surface area contributed by atoms with Gasteiger partial charge in [0.2, 0.25) is 0 Å². The molecule has 0 spiro atoms. The number of piperazine rings is 1. The summed E-state index contributed by atoms with van der Waals surface area (Å²) in [6.07, 6.45) is 2.54. The van der Waals surface area contributed by atoms with E-state index in [-0.39, 0.29) is 0 Å². The van der Waals surface area contributed by atoms with Crippen LogP contribution >= 0.6 is 15.9 Å². The maximum atomic E-state index is 3.68. The number of likely N-dealkylation sites (N-methyl/N-ethyl adjacent to an activating group) is 1. The summed E-state index contributed by atoms with van der Waals surface area (Å²) < 4.78 is 1.17. The highest BCUT2D eigenvalue weighted by atomic mass is 79.9. The fourth-order valence-corrected chi connectivity index (χ4v) is 3.19. The molecule has 1 aromatic carbocycles. The van der Waals surface area contributed by atoms with Crippen molar-refractivity contribution in [1.29, 1.82) is 0 Å². The molecule has 0 bridgehead atoms. The van der Waals surface area contributed by atoms with Crippen molar-refractivity contribution in [1.82, 2.24) is 15.3 Å². The summed E-state index contributed by atoms with van der Waals surface area (Å²) >= 11 is 3.49. The lowest BCUT2D eigenvalue weighted by atomic mass is 9.76. The first-order chi connectivity index (χ1) is 9.20. The summed E-state index contributed by atoms with van der Waals surface area (Å²) in [5.74, 6) is 0.748. The maximum absolute atomic E-state index is 3.68. The summed E-state index contributed by atoms with van der Waals surface area (Å²) in [7, 11) is 2.20. The van der Waals surface area contributed by atoms with Gasteiger partial charge in [0, 0.05) is 36.7 Å². The number of halogens is 1. The third-order valence-electron chi connectivity index (χ3n) is 4.35. The molecule has 0 unspecified atom stereocenters. The summed E-state index contributed by atoms with van der Waals surface area (Å²) in [5.41, 5.74) is 5.17. The van der Waals surface area contributed by atoms with Gasteiger partial charge in [-0.05, 0) is 43.5 Å². The van der Waals surface area contributed by atoms with Crippen LogP contribution in [-0.2, 0) is 0 Å². The summed E-state index contributed by atoms with van der Waals surface area (Å²) in [6.45, 7) is 4.65. The van der Waals surface area contributed by atoms with Gasteiger partial charge in [0.1, 0.15) is 0 Å². The molecule has 1 aliphatic carbocycles. The third-order valence-corrected chi connectivity index (χ3v) is 4.88. The van der Waals surface area contributed by atoms with E-state index >= 15 is 0 Å². The molecule has 0 amide bonds. The van der Waals surface area contributed by atoms with E-state index in [4.69, 9.17) is 0 Å². The Bertz CT molecular complexity index is 406. The van der Waals surface area contributed by atoms with Gasteiger partial charge >= 0.3 is 0 Å². The largest absolute Gasteiger partial charge is 0.304 e. The molecule has 1 heterocycles. The lowest BCUT2D eigenvalue weighted by molar-refractivity contribution is 0.0628. The molecule has 4 heteroatoms. The number of hydrogen-bond acceptors (Lipinski definition) is 3. The van der Waals surface area contributed by atoms with Crippen molar-refractivity contribution in [2.75, 3.05) is 33.2 Å². The molecular weight excluding hydrogens is 302 g/mol. The smallest absolute Gasteiger partial charge is 0.0259 e. The average Bonchev–Trinajstić information content (AvgIpc) is 2.37. The van der Waals surface area contributed by atoms with Crippen molar-refractivity contribution in [3.8, 4) is 0 Å². The molecule has 0 atom stereocenters. The summed E-state index contributed by atoms with van der Waals surface area (Å²) in [5, 5.41) is 2.41. The van der Waals surface area contributed by atoms with Crippen molar-refractivity contribution in [2.45, 2.75) is 24.8 Å². The molecule has 2 fully saturated rings. The van der Waals surface area contributed by atoms with Gasteiger partial charge in [-0.25, -0.2) is 5.01 Å². The Labute approximate surface area is 124 Å². The zero-order valence-electron chi connectivity index (χ0n) is 11.5. The molecule has 1 saturated heterocycles. The fourth-order valence-electron chi connectivity index (χ4n) is 2.92. The zero-order chi connectivity index (χ0) is 13.2. The highest BCUT2D eigenvalue weighted by Gasteiger charge is 2.31.